The zero-order valence-electron chi connectivity index (χ0n) is 49.4. The Morgan fingerprint density at radius 3 is 1.07 bits per heavy atom. The first kappa shape index (κ1) is 71.7. The van der Waals surface area contributed by atoms with E-state index in [1.54, 1.807) is 0 Å². The van der Waals surface area contributed by atoms with E-state index in [1.807, 2.05) is 21.1 Å². The maximum atomic E-state index is 12.9. The Morgan fingerprint density at radius 2 is 0.720 bits per heavy atom. The second kappa shape index (κ2) is 56.9. The fraction of sp³-hybridized carbons (Fsp3) is 0.773. The summed E-state index contributed by atoms with van der Waals surface area (Å²) in [5, 5.41) is 11.8. The number of carboxylic acids is 1. The number of carboxylic acid groups (broad SMARTS) is 1. The molecule has 0 bridgehead atoms. The minimum atomic E-state index is -1.63. The minimum absolute atomic E-state index is 0.143. The lowest BCUT2D eigenvalue weighted by molar-refractivity contribution is -0.870. The van der Waals surface area contributed by atoms with E-state index in [0.717, 1.165) is 77.0 Å². The molecule has 0 rings (SSSR count). The van der Waals surface area contributed by atoms with Crippen LogP contribution in [0.25, 0.3) is 0 Å². The second-order valence-corrected chi connectivity index (χ2v) is 22.0. The predicted molar refractivity (Wildman–Crippen MR) is 315 cm³/mol. The molecule has 0 aromatic rings. The summed E-state index contributed by atoms with van der Waals surface area (Å²) in [5.41, 5.74) is 0. The number of likely N-dealkylation sites (N-methyl/N-ethyl adjacent to an activating group) is 1. The molecule has 0 aliphatic rings. The van der Waals surface area contributed by atoms with Crippen molar-refractivity contribution in [1.29, 1.82) is 0 Å². The molecule has 434 valence electrons. The van der Waals surface area contributed by atoms with Crippen LogP contribution in [0.1, 0.15) is 271 Å². The van der Waals surface area contributed by atoms with E-state index in [0.29, 0.717) is 17.4 Å². The van der Waals surface area contributed by atoms with Crippen LogP contribution in [0, 0.1) is 0 Å². The van der Waals surface area contributed by atoms with Crippen LogP contribution < -0.4 is 5.11 Å². The third-order valence-electron chi connectivity index (χ3n) is 13.4. The molecule has 0 aliphatic carbocycles. The molecule has 0 saturated heterocycles. The predicted octanol–water partition coefficient (Wildman–Crippen LogP) is 17.2. The number of unbranched alkanes of at least 4 members (excludes halogenated alkanes) is 30. The van der Waals surface area contributed by atoms with Crippen LogP contribution in [0.2, 0.25) is 0 Å². The Kier molecular flexibility index (Phi) is 54.4. The zero-order valence-corrected chi connectivity index (χ0v) is 49.4. The summed E-state index contributed by atoms with van der Waals surface area (Å²) in [6.45, 7) is 4.73. The van der Waals surface area contributed by atoms with E-state index < -0.39 is 24.3 Å². The molecule has 0 heterocycles. The molecular weight excluding hydrogens is 935 g/mol. The first-order valence-electron chi connectivity index (χ1n) is 31.1. The lowest BCUT2D eigenvalue weighted by atomic mass is 10.0. The minimum Gasteiger partial charge on any atom is -0.545 e. The molecule has 0 amide bonds. The largest absolute Gasteiger partial charge is 0.545 e. The zero-order chi connectivity index (χ0) is 54.8. The van der Waals surface area contributed by atoms with E-state index >= 15 is 0 Å². The van der Waals surface area contributed by atoms with Crippen molar-refractivity contribution < 1.29 is 42.9 Å². The smallest absolute Gasteiger partial charge is 0.306 e. The van der Waals surface area contributed by atoms with Crippen LogP contribution >= 0.6 is 0 Å². The Morgan fingerprint density at radius 1 is 0.400 bits per heavy atom. The van der Waals surface area contributed by atoms with Crippen molar-refractivity contribution in [2.45, 2.75) is 283 Å². The Balaban J connectivity index is 4.22. The number of esters is 2. The maximum absolute atomic E-state index is 12.9. The average molecular weight is 1050 g/mol. The molecule has 0 aromatic heterocycles. The van der Waals surface area contributed by atoms with Crippen LogP contribution in [0.5, 0.6) is 0 Å². The average Bonchev–Trinajstić information content (AvgIpc) is 3.38. The van der Waals surface area contributed by atoms with Gasteiger partial charge in [0.1, 0.15) is 13.2 Å². The van der Waals surface area contributed by atoms with Crippen LogP contribution in [0.15, 0.2) is 72.9 Å². The van der Waals surface area contributed by atoms with E-state index in [1.165, 1.54) is 161 Å². The van der Waals surface area contributed by atoms with Gasteiger partial charge in [0.05, 0.1) is 40.3 Å². The lowest BCUT2D eigenvalue weighted by Gasteiger charge is -2.26. The van der Waals surface area contributed by atoms with Crippen molar-refractivity contribution in [3.05, 3.63) is 72.9 Å². The molecule has 0 fully saturated rings. The summed E-state index contributed by atoms with van der Waals surface area (Å²) in [4.78, 5) is 37.4. The third-order valence-corrected chi connectivity index (χ3v) is 13.4. The number of ether oxygens (including phenoxy) is 4. The van der Waals surface area contributed by atoms with E-state index in [2.05, 4.69) is 86.8 Å². The standard InChI is InChI=1S/C66H117NO8/c1-6-8-10-12-14-16-18-20-22-24-26-28-29-30-31-32-33-34-35-37-39-41-43-45-47-49-51-53-55-57-64(69)75-62(61-74-66(65(70)71)72-59-58-67(3,4)5)60-73-63(68)56-54-52-50-48-46-44-42-40-38-36-27-25-23-21-19-17-15-13-11-9-7-2/h18-21,24-27,29-30,38,40,62,66H,6-17,22-23,28,31-37,39,41-61H2,1-5H3/b20-18-,21-19-,26-24-,27-25-,30-29-,40-38-. The number of carbonyl (C=O) groups is 3. The van der Waals surface area contributed by atoms with Gasteiger partial charge in [0.15, 0.2) is 12.4 Å². The van der Waals surface area contributed by atoms with Gasteiger partial charge in [-0.15, -0.1) is 0 Å². The molecular formula is C66H117NO8. The molecule has 75 heavy (non-hydrogen) atoms. The van der Waals surface area contributed by atoms with Gasteiger partial charge in [-0.25, -0.2) is 0 Å². The monoisotopic (exact) mass is 1050 g/mol. The van der Waals surface area contributed by atoms with Gasteiger partial charge in [-0.05, 0) is 89.9 Å². The normalized spacial score (nSPS) is 13.2. The molecule has 0 aliphatic heterocycles. The highest BCUT2D eigenvalue weighted by Gasteiger charge is 2.22. The molecule has 0 saturated carbocycles. The van der Waals surface area contributed by atoms with Crippen molar-refractivity contribution in [1.82, 2.24) is 0 Å². The van der Waals surface area contributed by atoms with E-state index in [9.17, 15) is 19.5 Å². The first-order chi connectivity index (χ1) is 36.6. The van der Waals surface area contributed by atoms with Crippen LogP contribution in [-0.2, 0) is 33.3 Å². The van der Waals surface area contributed by atoms with Gasteiger partial charge in [0.25, 0.3) is 0 Å². The molecule has 0 N–H and O–H groups in total. The van der Waals surface area contributed by atoms with Crippen molar-refractivity contribution in [3.8, 4) is 0 Å². The number of rotatable bonds is 57. The topological polar surface area (TPSA) is 111 Å². The number of quaternary nitrogens is 1. The molecule has 9 heteroatoms. The van der Waals surface area contributed by atoms with Gasteiger partial charge in [-0.2, -0.15) is 0 Å². The molecule has 0 spiro atoms. The maximum Gasteiger partial charge on any atom is 0.306 e. The Bertz CT molecular complexity index is 1460. The summed E-state index contributed by atoms with van der Waals surface area (Å²) in [5.74, 6) is -2.30. The van der Waals surface area contributed by atoms with Crippen LogP contribution in [0.4, 0.5) is 0 Å². The van der Waals surface area contributed by atoms with Crippen molar-refractivity contribution in [2.75, 3.05) is 47.5 Å². The SMILES string of the molecule is CCCCCCC/C=C\C/C=C\C/C=C\CCCCCCCCCCCCCCCCC(=O)OC(COC(=O)CCCCCCCC/C=C\C/C=C\C/C=C\CCCCCCC)COC(OCC[N+](C)(C)C)C(=O)[O-]. The fourth-order valence-electron chi connectivity index (χ4n) is 8.61. The first-order valence-corrected chi connectivity index (χ1v) is 31.1. The quantitative estimate of drug-likeness (QED) is 0.0195. The second-order valence-electron chi connectivity index (χ2n) is 22.0. The number of allylic oxidation sites excluding steroid dienone is 12. The summed E-state index contributed by atoms with van der Waals surface area (Å²) in [6.07, 6.45) is 70.9. The number of hydrogen-bond acceptors (Lipinski definition) is 8. The Labute approximate surface area is 462 Å². The Hall–Kier alpha value is -3.27. The summed E-state index contributed by atoms with van der Waals surface area (Å²) in [7, 11) is 5.92. The number of nitrogens with zero attached hydrogens (tertiary/aromatic N) is 1. The van der Waals surface area contributed by atoms with Gasteiger partial charge in [-0.1, -0.05) is 241 Å². The van der Waals surface area contributed by atoms with Crippen LogP contribution in [-0.4, -0.2) is 82.3 Å². The van der Waals surface area contributed by atoms with Gasteiger partial charge >= 0.3 is 11.9 Å². The van der Waals surface area contributed by atoms with Crippen molar-refractivity contribution in [2.24, 2.45) is 0 Å². The molecule has 0 aromatic carbocycles. The highest BCUT2D eigenvalue weighted by atomic mass is 16.7. The number of aliphatic carboxylic acids is 1. The number of hydrogen-bond donors (Lipinski definition) is 0. The fourth-order valence-corrected chi connectivity index (χ4v) is 8.61. The number of carbonyl (C=O) groups excluding carboxylic acids is 3. The van der Waals surface area contributed by atoms with Crippen molar-refractivity contribution >= 4 is 17.9 Å². The molecule has 2 atom stereocenters. The van der Waals surface area contributed by atoms with Gasteiger partial charge in [0.2, 0.25) is 0 Å². The van der Waals surface area contributed by atoms with Crippen LogP contribution in [0.3, 0.4) is 0 Å². The van der Waals surface area contributed by atoms with E-state index in [-0.39, 0.29) is 38.6 Å². The summed E-state index contributed by atoms with van der Waals surface area (Å²) in [6, 6.07) is 0. The highest BCUT2D eigenvalue weighted by molar-refractivity contribution is 5.70. The lowest BCUT2D eigenvalue weighted by Crippen LogP contribution is -2.44. The van der Waals surface area contributed by atoms with Gasteiger partial charge in [-0.3, -0.25) is 9.59 Å². The van der Waals surface area contributed by atoms with Crippen molar-refractivity contribution in [3.63, 3.8) is 0 Å². The highest BCUT2D eigenvalue weighted by Crippen LogP contribution is 2.16. The molecule has 0 radical (unpaired) electrons. The summed E-state index contributed by atoms with van der Waals surface area (Å²) >= 11 is 0. The third kappa shape index (κ3) is 58.3. The summed E-state index contributed by atoms with van der Waals surface area (Å²) < 4.78 is 22.7. The molecule has 2 unspecified atom stereocenters. The van der Waals surface area contributed by atoms with Gasteiger partial charge in [0, 0.05) is 12.8 Å². The van der Waals surface area contributed by atoms with Gasteiger partial charge < -0.3 is 33.3 Å². The van der Waals surface area contributed by atoms with E-state index in [4.69, 9.17) is 18.9 Å². The molecule has 9 nitrogen and oxygen atoms in total.